The lowest BCUT2D eigenvalue weighted by Gasteiger charge is -2.40. The molecule has 0 aliphatic carbocycles. The molecule has 9 nitrogen and oxygen atoms in total. The zero-order valence-electron chi connectivity index (χ0n) is 17.9. The summed E-state index contributed by atoms with van der Waals surface area (Å²) in [6.45, 7) is 1.49. The molecule has 0 unspecified atom stereocenters. The number of sulfonamides is 1. The summed E-state index contributed by atoms with van der Waals surface area (Å²) in [6, 6.07) is 3.86. The van der Waals surface area contributed by atoms with Gasteiger partial charge in [0.05, 0.1) is 41.0 Å². The molecule has 3 N–H and O–H groups in total. The van der Waals surface area contributed by atoms with Gasteiger partial charge in [0, 0.05) is 30.2 Å². The summed E-state index contributed by atoms with van der Waals surface area (Å²) < 4.78 is 40.2. The van der Waals surface area contributed by atoms with E-state index in [9.17, 15) is 17.6 Å². The Labute approximate surface area is 183 Å². The number of aromatic nitrogens is 2. The number of rotatable bonds is 4. The number of anilines is 1. The first kappa shape index (κ1) is 22.8. The first-order chi connectivity index (χ1) is 14.2. The van der Waals surface area contributed by atoms with Crippen molar-refractivity contribution in [2.24, 2.45) is 0 Å². The highest BCUT2D eigenvalue weighted by molar-refractivity contribution is 7.89. The van der Waals surface area contributed by atoms with Gasteiger partial charge in [-0.15, -0.1) is 0 Å². The minimum absolute atomic E-state index is 0.0147. The van der Waals surface area contributed by atoms with Crippen LogP contribution >= 0.6 is 0 Å². The molecular weight excluding hydrogens is 420 g/mol. The van der Waals surface area contributed by atoms with Gasteiger partial charge in [-0.2, -0.15) is 0 Å². The second-order valence-electron chi connectivity index (χ2n) is 8.72. The lowest BCUT2D eigenvalue weighted by molar-refractivity contribution is 0.102. The maximum Gasteiger partial charge on any atom is 0.275 e. The minimum Gasteiger partial charge on any atom is -0.345 e. The average molecular weight is 442 g/mol. The molecule has 1 aliphatic rings. The van der Waals surface area contributed by atoms with Crippen LogP contribution in [0.1, 0.15) is 28.7 Å². The molecule has 2 heterocycles. The van der Waals surface area contributed by atoms with Crippen LogP contribution in [0.15, 0.2) is 30.6 Å². The fourth-order valence-electron chi connectivity index (χ4n) is 3.18. The topological polar surface area (TPSA) is 128 Å². The van der Waals surface area contributed by atoms with Crippen LogP contribution in [0.25, 0.3) is 0 Å². The second-order valence-corrected chi connectivity index (χ2v) is 10.7. The normalized spacial score (nSPS) is 20.7. The molecule has 160 valence electrons. The van der Waals surface area contributed by atoms with Crippen LogP contribution in [-0.2, 0) is 20.7 Å². The summed E-state index contributed by atoms with van der Waals surface area (Å²) in [4.78, 5) is 21.0. The standard InChI is InChI=1S/C17H22B3FN6O3S/c1-16(8-31(29,30)27(2)15(22)26-16)10-5-9(3-4-11(10)21)25-14(28)12-6-24-13(7-23-12)17(18,19)20/h3-7H,8,18-20H2,1-2H3,(H2,22,26)(H,25,28)/t16-/m0/s1. The zero-order valence-corrected chi connectivity index (χ0v) is 18.8. The van der Waals surface area contributed by atoms with Crippen molar-refractivity contribution in [2.45, 2.75) is 17.6 Å². The molecular formula is C17H22B3FN6O3S. The quantitative estimate of drug-likeness (QED) is 0.466. The molecule has 14 heteroatoms. The van der Waals surface area contributed by atoms with Crippen LogP contribution in [0.3, 0.4) is 0 Å². The van der Waals surface area contributed by atoms with Gasteiger partial charge >= 0.3 is 0 Å². The zero-order chi connectivity index (χ0) is 23.2. The van der Waals surface area contributed by atoms with Crippen molar-refractivity contribution in [1.29, 1.82) is 5.41 Å². The van der Waals surface area contributed by atoms with Crippen molar-refractivity contribution in [3.8, 4) is 0 Å². The molecule has 1 saturated heterocycles. The van der Waals surface area contributed by atoms with E-state index in [4.69, 9.17) is 5.41 Å². The van der Waals surface area contributed by atoms with Gasteiger partial charge in [-0.1, -0.05) is 5.11 Å². The Bertz CT molecular complexity index is 1160. The molecule has 1 amide bonds. The van der Waals surface area contributed by atoms with Crippen LogP contribution in [0, 0.1) is 11.2 Å². The Morgan fingerprint density at radius 1 is 1.32 bits per heavy atom. The number of hydrogen-bond donors (Lipinski definition) is 3. The highest BCUT2D eigenvalue weighted by Crippen LogP contribution is 2.31. The van der Waals surface area contributed by atoms with Crippen molar-refractivity contribution >= 4 is 51.1 Å². The van der Waals surface area contributed by atoms with Crippen LogP contribution < -0.4 is 10.6 Å². The fourth-order valence-corrected chi connectivity index (χ4v) is 4.65. The number of carbonyl (C=O) groups excluding carboxylic acids is 1. The van der Waals surface area contributed by atoms with Gasteiger partial charge in [0.1, 0.15) is 11.5 Å². The van der Waals surface area contributed by atoms with E-state index in [-0.39, 0.29) is 28.0 Å². The lowest BCUT2D eigenvalue weighted by Crippen LogP contribution is -2.61. The van der Waals surface area contributed by atoms with E-state index in [0.29, 0.717) is 0 Å². The number of benzene rings is 1. The third kappa shape index (κ3) is 4.58. The molecule has 0 radical (unpaired) electrons. The van der Waals surface area contributed by atoms with Gasteiger partial charge in [-0.05, 0) is 25.1 Å². The Balaban J connectivity index is 1.88. The summed E-state index contributed by atoms with van der Waals surface area (Å²) in [7, 11) is 3.39. The molecule has 2 aromatic rings. The minimum atomic E-state index is -3.80. The number of hydrogen-bond acceptors (Lipinski definition) is 6. The number of halogens is 1. The van der Waals surface area contributed by atoms with E-state index in [0.717, 1.165) is 16.1 Å². The summed E-state index contributed by atoms with van der Waals surface area (Å²) in [5.74, 6) is -2.01. The Hall–Kier alpha value is -2.89. The number of amides is 1. The van der Waals surface area contributed by atoms with Crippen LogP contribution in [0.5, 0.6) is 0 Å². The van der Waals surface area contributed by atoms with Crippen molar-refractivity contribution in [2.75, 3.05) is 18.1 Å². The molecule has 0 spiro atoms. The van der Waals surface area contributed by atoms with Crippen molar-refractivity contribution in [1.82, 2.24) is 19.6 Å². The number of nitrogens with one attached hydrogen (secondary N) is 3. The van der Waals surface area contributed by atoms with Crippen molar-refractivity contribution in [3.05, 3.63) is 53.4 Å². The summed E-state index contributed by atoms with van der Waals surface area (Å²) in [5, 5.41) is 13.1. The predicted molar refractivity (Wildman–Crippen MR) is 123 cm³/mol. The number of nitrogens with zero attached hydrogens (tertiary/aromatic N) is 3. The molecule has 1 atom stereocenters. The molecule has 1 aromatic carbocycles. The first-order valence-corrected chi connectivity index (χ1v) is 11.1. The Morgan fingerprint density at radius 2 is 2.00 bits per heavy atom. The highest BCUT2D eigenvalue weighted by Gasteiger charge is 2.43. The van der Waals surface area contributed by atoms with Gasteiger partial charge in [0.2, 0.25) is 16.0 Å². The van der Waals surface area contributed by atoms with Crippen molar-refractivity contribution in [3.63, 3.8) is 0 Å². The summed E-state index contributed by atoms with van der Waals surface area (Å²) in [6.07, 6.45) is 2.90. The van der Waals surface area contributed by atoms with Gasteiger partial charge in [-0.25, -0.2) is 22.1 Å². The average Bonchev–Trinajstić information content (AvgIpc) is 2.66. The van der Waals surface area contributed by atoms with Gasteiger partial charge in [0.15, 0.2) is 0 Å². The molecule has 1 fully saturated rings. The van der Waals surface area contributed by atoms with E-state index < -0.39 is 33.0 Å². The third-order valence-corrected chi connectivity index (χ3v) is 7.03. The molecule has 1 aliphatic heterocycles. The van der Waals surface area contributed by atoms with Crippen LogP contribution in [0.4, 0.5) is 10.1 Å². The van der Waals surface area contributed by atoms with E-state index in [2.05, 4.69) is 20.6 Å². The van der Waals surface area contributed by atoms with E-state index in [1.807, 2.05) is 23.5 Å². The van der Waals surface area contributed by atoms with Gasteiger partial charge < -0.3 is 10.6 Å². The Kier molecular flexibility index (Phi) is 5.64. The SMILES string of the molecule is BC(B)(B)c1cnc(C(=O)Nc2ccc(F)c([C@]3(C)CS(=O)(=O)N(C)C(=N)N3)c2)cn1. The maximum absolute atomic E-state index is 14.6. The monoisotopic (exact) mass is 442 g/mol. The molecule has 31 heavy (non-hydrogen) atoms. The highest BCUT2D eigenvalue weighted by atomic mass is 32.2. The summed E-state index contributed by atoms with van der Waals surface area (Å²) >= 11 is 0. The maximum atomic E-state index is 14.6. The lowest BCUT2D eigenvalue weighted by atomic mass is 9.41. The predicted octanol–water partition coefficient (Wildman–Crippen LogP) is -2.11. The van der Waals surface area contributed by atoms with Crippen molar-refractivity contribution < 1.29 is 17.6 Å². The van der Waals surface area contributed by atoms with Crippen LogP contribution in [-0.4, -0.2) is 70.9 Å². The van der Waals surface area contributed by atoms with E-state index >= 15 is 0 Å². The Morgan fingerprint density at radius 3 is 2.55 bits per heavy atom. The number of carbonyl (C=O) groups is 1. The summed E-state index contributed by atoms with van der Waals surface area (Å²) in [5.41, 5.74) is -0.290. The largest absolute Gasteiger partial charge is 0.345 e. The molecule has 3 rings (SSSR count). The van der Waals surface area contributed by atoms with Crippen LogP contribution in [0.2, 0.25) is 0 Å². The molecule has 0 bridgehead atoms. The first-order valence-electron chi connectivity index (χ1n) is 9.50. The smallest absolute Gasteiger partial charge is 0.275 e. The third-order valence-electron chi connectivity index (χ3n) is 5.07. The van der Waals surface area contributed by atoms with E-state index in [1.54, 1.807) is 0 Å². The van der Waals surface area contributed by atoms with E-state index in [1.165, 1.54) is 38.5 Å². The number of guanidine groups is 1. The molecule has 0 saturated carbocycles. The second kappa shape index (κ2) is 7.67. The fraction of sp³-hybridized carbons (Fsp3) is 0.294. The molecule has 1 aromatic heterocycles. The van der Waals surface area contributed by atoms with Gasteiger partial charge in [0.25, 0.3) is 5.91 Å². The van der Waals surface area contributed by atoms with Gasteiger partial charge in [-0.3, -0.25) is 15.2 Å².